The number of halogens is 3. The second-order valence-corrected chi connectivity index (χ2v) is 3.52. The summed E-state index contributed by atoms with van der Waals surface area (Å²) in [6, 6.07) is 1.62. The number of ketones is 1. The highest BCUT2D eigenvalue weighted by atomic mass is 19.2. The van der Waals surface area contributed by atoms with Gasteiger partial charge >= 0.3 is 0 Å². The van der Waals surface area contributed by atoms with Gasteiger partial charge in [-0.1, -0.05) is 0 Å². The van der Waals surface area contributed by atoms with Crippen LogP contribution in [0.1, 0.15) is 16.8 Å². The van der Waals surface area contributed by atoms with Crippen molar-refractivity contribution in [1.82, 2.24) is 0 Å². The molecule has 1 aliphatic heterocycles. The fourth-order valence-corrected chi connectivity index (χ4v) is 1.53. The van der Waals surface area contributed by atoms with E-state index in [0.29, 0.717) is 19.3 Å². The molecule has 0 saturated carbocycles. The summed E-state index contributed by atoms with van der Waals surface area (Å²) in [5, 5.41) is 0. The van der Waals surface area contributed by atoms with E-state index >= 15 is 0 Å². The molecular formula is C11H9F3O3. The number of hydrogen-bond acceptors (Lipinski definition) is 3. The quantitative estimate of drug-likeness (QED) is 0.604. The molecule has 0 aliphatic carbocycles. The van der Waals surface area contributed by atoms with Gasteiger partial charge in [-0.2, -0.15) is 0 Å². The van der Waals surface area contributed by atoms with Gasteiger partial charge in [0, 0.05) is 0 Å². The molecule has 0 bridgehead atoms. The Morgan fingerprint density at radius 3 is 2.47 bits per heavy atom. The van der Waals surface area contributed by atoms with E-state index in [1.807, 2.05) is 0 Å². The van der Waals surface area contributed by atoms with Gasteiger partial charge in [0.1, 0.15) is 0 Å². The molecule has 1 heterocycles. The summed E-state index contributed by atoms with van der Waals surface area (Å²) in [4.78, 5) is 11.6. The summed E-state index contributed by atoms with van der Waals surface area (Å²) in [5.74, 6) is -5.14. The number of benzene rings is 1. The fraction of sp³-hybridized carbons (Fsp3) is 0.364. The van der Waals surface area contributed by atoms with Gasteiger partial charge in [0.2, 0.25) is 0 Å². The average Bonchev–Trinajstić information content (AvgIpc) is 2.78. The second kappa shape index (κ2) is 4.85. The smallest absolute Gasteiger partial charge is 0.195 e. The number of hydrogen-bond donors (Lipinski definition) is 0. The van der Waals surface area contributed by atoms with Crippen LogP contribution in [0.15, 0.2) is 12.1 Å². The first kappa shape index (κ1) is 12.1. The van der Waals surface area contributed by atoms with Crippen LogP contribution in [-0.4, -0.2) is 25.3 Å². The van der Waals surface area contributed by atoms with Crippen molar-refractivity contribution >= 4 is 5.78 Å². The maximum absolute atomic E-state index is 13.3. The monoisotopic (exact) mass is 246 g/mol. The van der Waals surface area contributed by atoms with E-state index in [1.54, 1.807) is 0 Å². The molecule has 0 N–H and O–H groups in total. The maximum Gasteiger partial charge on any atom is 0.195 e. The van der Waals surface area contributed by atoms with Crippen LogP contribution in [0, 0.1) is 17.5 Å². The standard InChI is InChI=1S/C11H9F3O3/c12-7-2-1-6(10(13)11(7)14)8(15)5-9-16-3-4-17-9/h1-2,9H,3-5H2. The van der Waals surface area contributed by atoms with Crippen LogP contribution in [0.2, 0.25) is 0 Å². The second-order valence-electron chi connectivity index (χ2n) is 3.52. The summed E-state index contributed by atoms with van der Waals surface area (Å²) in [7, 11) is 0. The Morgan fingerprint density at radius 2 is 1.82 bits per heavy atom. The number of carbonyl (C=O) groups excluding carboxylic acids is 1. The minimum atomic E-state index is -1.65. The third-order valence-electron chi connectivity index (χ3n) is 2.38. The Bertz CT molecular complexity index is 442. The lowest BCUT2D eigenvalue weighted by molar-refractivity contribution is -0.0408. The van der Waals surface area contributed by atoms with Crippen molar-refractivity contribution < 1.29 is 27.4 Å². The molecule has 0 spiro atoms. The fourth-order valence-electron chi connectivity index (χ4n) is 1.53. The topological polar surface area (TPSA) is 35.5 Å². The molecular weight excluding hydrogens is 237 g/mol. The molecule has 0 atom stereocenters. The number of ether oxygens (including phenoxy) is 2. The van der Waals surface area contributed by atoms with E-state index in [1.165, 1.54) is 0 Å². The molecule has 1 aliphatic rings. The zero-order valence-corrected chi connectivity index (χ0v) is 8.71. The highest BCUT2D eigenvalue weighted by molar-refractivity contribution is 5.96. The minimum Gasteiger partial charge on any atom is -0.350 e. The maximum atomic E-state index is 13.3. The lowest BCUT2D eigenvalue weighted by atomic mass is 10.1. The summed E-state index contributed by atoms with van der Waals surface area (Å²) < 4.78 is 48.8. The molecule has 0 unspecified atom stereocenters. The van der Waals surface area contributed by atoms with Crippen LogP contribution in [-0.2, 0) is 9.47 Å². The molecule has 0 amide bonds. The van der Waals surface area contributed by atoms with Crippen molar-refractivity contribution in [3.05, 3.63) is 35.1 Å². The van der Waals surface area contributed by atoms with E-state index in [0.717, 1.165) is 6.07 Å². The SMILES string of the molecule is O=C(CC1OCCO1)c1ccc(F)c(F)c1F. The van der Waals surface area contributed by atoms with Gasteiger partial charge in [0.15, 0.2) is 29.5 Å². The highest BCUT2D eigenvalue weighted by Crippen LogP contribution is 2.19. The number of Topliss-reactive ketones (excluding diaryl/α,β-unsaturated/α-hetero) is 1. The molecule has 1 aromatic carbocycles. The lowest BCUT2D eigenvalue weighted by Crippen LogP contribution is -2.16. The zero-order valence-electron chi connectivity index (χ0n) is 8.71. The van der Waals surface area contributed by atoms with E-state index < -0.39 is 35.1 Å². The molecule has 1 aromatic rings. The Balaban J connectivity index is 2.16. The average molecular weight is 246 g/mol. The first-order chi connectivity index (χ1) is 8.09. The molecule has 0 aromatic heterocycles. The third-order valence-corrected chi connectivity index (χ3v) is 2.38. The first-order valence-electron chi connectivity index (χ1n) is 4.99. The van der Waals surface area contributed by atoms with Gasteiger partial charge in [-0.3, -0.25) is 4.79 Å². The predicted molar refractivity (Wildman–Crippen MR) is 51.0 cm³/mol. The van der Waals surface area contributed by atoms with Gasteiger partial charge in [0.25, 0.3) is 0 Å². The van der Waals surface area contributed by atoms with Gasteiger partial charge in [0.05, 0.1) is 25.2 Å². The zero-order chi connectivity index (χ0) is 12.4. The lowest BCUT2D eigenvalue weighted by Gasteiger charge is -2.08. The van der Waals surface area contributed by atoms with Gasteiger partial charge in [-0.15, -0.1) is 0 Å². The predicted octanol–water partition coefficient (Wildman–Crippen LogP) is 2.05. The normalized spacial score (nSPS) is 16.4. The van der Waals surface area contributed by atoms with Gasteiger partial charge < -0.3 is 9.47 Å². The van der Waals surface area contributed by atoms with Crippen molar-refractivity contribution in [2.75, 3.05) is 13.2 Å². The molecule has 3 nitrogen and oxygen atoms in total. The number of carbonyl (C=O) groups is 1. The Kier molecular flexibility index (Phi) is 3.44. The molecule has 6 heteroatoms. The Labute approximate surface area is 95.1 Å². The van der Waals surface area contributed by atoms with Crippen LogP contribution < -0.4 is 0 Å². The summed E-state index contributed by atoms with van der Waals surface area (Å²) in [6.07, 6.45) is -0.961. The van der Waals surface area contributed by atoms with Crippen LogP contribution in [0.5, 0.6) is 0 Å². The largest absolute Gasteiger partial charge is 0.350 e. The molecule has 17 heavy (non-hydrogen) atoms. The Hall–Kier alpha value is -1.40. The first-order valence-corrected chi connectivity index (χ1v) is 4.99. The highest BCUT2D eigenvalue weighted by Gasteiger charge is 2.24. The van der Waals surface area contributed by atoms with Crippen molar-refractivity contribution in [2.45, 2.75) is 12.7 Å². The van der Waals surface area contributed by atoms with Crippen LogP contribution in [0.4, 0.5) is 13.2 Å². The third kappa shape index (κ3) is 2.48. The molecule has 1 saturated heterocycles. The molecule has 92 valence electrons. The molecule has 2 rings (SSSR count). The summed E-state index contributed by atoms with van der Waals surface area (Å²) in [6.45, 7) is 0.719. The van der Waals surface area contributed by atoms with E-state index in [9.17, 15) is 18.0 Å². The van der Waals surface area contributed by atoms with Crippen molar-refractivity contribution in [1.29, 1.82) is 0 Å². The summed E-state index contributed by atoms with van der Waals surface area (Å²) in [5.41, 5.74) is -0.497. The van der Waals surface area contributed by atoms with E-state index in [4.69, 9.17) is 9.47 Å². The van der Waals surface area contributed by atoms with Crippen molar-refractivity contribution in [2.24, 2.45) is 0 Å². The molecule has 0 radical (unpaired) electrons. The summed E-state index contributed by atoms with van der Waals surface area (Å²) >= 11 is 0. The van der Waals surface area contributed by atoms with Crippen LogP contribution >= 0.6 is 0 Å². The number of rotatable bonds is 3. The van der Waals surface area contributed by atoms with Gasteiger partial charge in [-0.25, -0.2) is 13.2 Å². The minimum absolute atomic E-state index is 0.220. The van der Waals surface area contributed by atoms with E-state index in [-0.39, 0.29) is 6.42 Å². The van der Waals surface area contributed by atoms with Crippen molar-refractivity contribution in [3.63, 3.8) is 0 Å². The molecule has 1 fully saturated rings. The van der Waals surface area contributed by atoms with Crippen LogP contribution in [0.25, 0.3) is 0 Å². The van der Waals surface area contributed by atoms with Crippen LogP contribution in [0.3, 0.4) is 0 Å². The van der Waals surface area contributed by atoms with Gasteiger partial charge in [-0.05, 0) is 12.1 Å². The Morgan fingerprint density at radius 1 is 1.18 bits per heavy atom. The van der Waals surface area contributed by atoms with Crippen molar-refractivity contribution in [3.8, 4) is 0 Å². The van der Waals surface area contributed by atoms with E-state index in [2.05, 4.69) is 0 Å².